The van der Waals surface area contributed by atoms with Crippen LogP contribution in [0.1, 0.15) is 16.8 Å². The Bertz CT molecular complexity index is 719. The molecule has 2 amide bonds. The van der Waals surface area contributed by atoms with Crippen LogP contribution < -0.4 is 5.43 Å². The van der Waals surface area contributed by atoms with Crippen LogP contribution in [0.4, 0.5) is 0 Å². The number of hydrogen-bond acceptors (Lipinski definition) is 6. The van der Waals surface area contributed by atoms with E-state index in [9.17, 15) is 19.5 Å². The molecule has 1 unspecified atom stereocenters. The number of nitrogens with zero attached hydrogens (tertiary/aromatic N) is 2. The number of carboxylic acids is 1. The van der Waals surface area contributed by atoms with Crippen molar-refractivity contribution in [2.24, 2.45) is 5.10 Å². The van der Waals surface area contributed by atoms with Crippen molar-refractivity contribution in [3.63, 3.8) is 0 Å². The molecule has 1 atom stereocenters. The lowest BCUT2D eigenvalue weighted by Crippen LogP contribution is -2.34. The van der Waals surface area contributed by atoms with Crippen LogP contribution in [0.25, 0.3) is 0 Å². The number of aromatic hydroxyl groups is 1. The zero-order valence-corrected chi connectivity index (χ0v) is 13.3. The van der Waals surface area contributed by atoms with Crippen LogP contribution in [0.5, 0.6) is 5.75 Å². The van der Waals surface area contributed by atoms with Crippen molar-refractivity contribution in [2.45, 2.75) is 11.7 Å². The van der Waals surface area contributed by atoms with Gasteiger partial charge in [-0.3, -0.25) is 19.3 Å². The van der Waals surface area contributed by atoms with E-state index in [1.54, 1.807) is 12.1 Å². The Morgan fingerprint density at radius 1 is 1.42 bits per heavy atom. The van der Waals surface area contributed by atoms with E-state index < -0.39 is 23.0 Å². The maximum atomic E-state index is 12.2. The summed E-state index contributed by atoms with van der Waals surface area (Å²) in [6, 6.07) is 5.95. The van der Waals surface area contributed by atoms with Crippen molar-refractivity contribution in [1.29, 1.82) is 0 Å². The average molecular weight is 349 g/mol. The summed E-state index contributed by atoms with van der Waals surface area (Å²) in [5, 5.41) is 21.7. The third-order valence-corrected chi connectivity index (χ3v) is 4.27. The summed E-state index contributed by atoms with van der Waals surface area (Å²) in [5.41, 5.74) is 2.29. The monoisotopic (exact) mass is 349 g/mol. The zero-order chi connectivity index (χ0) is 17.7. The van der Waals surface area contributed by atoms with Crippen LogP contribution >= 0.6 is 11.8 Å². The van der Waals surface area contributed by atoms with E-state index in [-0.39, 0.29) is 29.4 Å². The minimum absolute atomic E-state index is 0.0357. The van der Waals surface area contributed by atoms with E-state index in [1.807, 2.05) is 0 Å². The Labute approximate surface area is 141 Å². The first-order valence-corrected chi connectivity index (χ1v) is 7.78. The second-order valence-electron chi connectivity index (χ2n) is 4.79. The number of aliphatic carboxylic acids is 1. The molecule has 0 bridgehead atoms. The van der Waals surface area contributed by atoms with Crippen molar-refractivity contribution in [2.75, 3.05) is 6.54 Å². The fourth-order valence-corrected chi connectivity index (χ4v) is 3.10. The van der Waals surface area contributed by atoms with E-state index in [1.165, 1.54) is 23.1 Å². The molecule has 1 aromatic carbocycles. The van der Waals surface area contributed by atoms with Gasteiger partial charge in [-0.05, 0) is 12.1 Å². The second-order valence-corrected chi connectivity index (χ2v) is 5.96. The van der Waals surface area contributed by atoms with E-state index in [0.717, 1.165) is 11.8 Å². The van der Waals surface area contributed by atoms with Gasteiger partial charge in [0.15, 0.2) is 5.17 Å². The SMILES string of the molecule is C=CCN1C(=O)C(CC(=O)O)S/C1=N/NC(=O)c1ccccc1O. The van der Waals surface area contributed by atoms with Crippen molar-refractivity contribution in [1.82, 2.24) is 10.3 Å². The predicted octanol–water partition coefficient (Wildman–Crippen LogP) is 0.998. The highest BCUT2D eigenvalue weighted by Gasteiger charge is 2.38. The number of phenolic OH excluding ortho intramolecular Hbond substituents is 1. The summed E-state index contributed by atoms with van der Waals surface area (Å²) in [5.74, 6) is -2.34. The van der Waals surface area contributed by atoms with Crippen molar-refractivity contribution in [3.05, 3.63) is 42.5 Å². The van der Waals surface area contributed by atoms with E-state index in [4.69, 9.17) is 5.11 Å². The Morgan fingerprint density at radius 3 is 2.75 bits per heavy atom. The maximum absolute atomic E-state index is 12.2. The normalized spacial score (nSPS) is 18.7. The van der Waals surface area contributed by atoms with Gasteiger partial charge in [-0.1, -0.05) is 30.0 Å². The number of carboxylic acid groups (broad SMARTS) is 1. The molecular weight excluding hydrogens is 334 g/mol. The number of nitrogens with one attached hydrogen (secondary N) is 1. The van der Waals surface area contributed by atoms with Crippen LogP contribution in [0.15, 0.2) is 42.0 Å². The summed E-state index contributed by atoms with van der Waals surface area (Å²) in [4.78, 5) is 36.3. The highest BCUT2D eigenvalue weighted by molar-refractivity contribution is 8.15. The number of hydrogen-bond donors (Lipinski definition) is 3. The first kappa shape index (κ1) is 17.5. The molecule has 9 heteroatoms. The van der Waals surface area contributed by atoms with Crippen LogP contribution in [-0.4, -0.2) is 49.9 Å². The maximum Gasteiger partial charge on any atom is 0.305 e. The molecule has 1 saturated heterocycles. The van der Waals surface area contributed by atoms with Gasteiger partial charge in [-0.25, -0.2) is 5.43 Å². The largest absolute Gasteiger partial charge is 0.507 e. The lowest BCUT2D eigenvalue weighted by Gasteiger charge is -2.13. The van der Waals surface area contributed by atoms with Gasteiger partial charge in [0.1, 0.15) is 11.0 Å². The summed E-state index contributed by atoms with van der Waals surface area (Å²) in [6.45, 7) is 3.68. The average Bonchev–Trinajstić information content (AvgIpc) is 2.82. The number of benzene rings is 1. The molecular formula is C15H15N3O5S. The topological polar surface area (TPSA) is 119 Å². The molecule has 1 aromatic rings. The molecule has 126 valence electrons. The number of phenols is 1. The molecule has 0 aromatic heterocycles. The molecule has 1 aliphatic rings. The summed E-state index contributed by atoms with van der Waals surface area (Å²) < 4.78 is 0. The number of rotatable bonds is 6. The number of carbonyl (C=O) groups excluding carboxylic acids is 2. The van der Waals surface area contributed by atoms with Crippen molar-refractivity contribution >= 4 is 34.7 Å². The summed E-state index contributed by atoms with van der Waals surface area (Å²) in [6.07, 6.45) is 1.13. The number of carbonyl (C=O) groups is 3. The molecule has 0 spiro atoms. The molecule has 1 aliphatic heterocycles. The molecule has 3 N–H and O–H groups in total. The van der Waals surface area contributed by atoms with E-state index in [0.29, 0.717) is 0 Å². The highest BCUT2D eigenvalue weighted by Crippen LogP contribution is 2.29. The van der Waals surface area contributed by atoms with Crippen LogP contribution in [0, 0.1) is 0 Å². The molecule has 24 heavy (non-hydrogen) atoms. The third-order valence-electron chi connectivity index (χ3n) is 3.09. The predicted molar refractivity (Wildman–Crippen MR) is 88.5 cm³/mol. The van der Waals surface area contributed by atoms with Gasteiger partial charge >= 0.3 is 5.97 Å². The standard InChI is InChI=1S/C15H15N3O5S/c1-2-7-18-14(23)11(8-12(20)21)24-15(18)17-16-13(22)9-5-3-4-6-10(9)19/h2-6,11,19H,1,7-8H2,(H,16,22)(H,20,21)/b17-15+. The first-order valence-electron chi connectivity index (χ1n) is 6.90. The second kappa shape index (κ2) is 7.64. The number of para-hydroxylation sites is 1. The van der Waals surface area contributed by atoms with Crippen LogP contribution in [-0.2, 0) is 9.59 Å². The lowest BCUT2D eigenvalue weighted by atomic mass is 10.2. The lowest BCUT2D eigenvalue weighted by molar-refractivity contribution is -0.139. The Morgan fingerprint density at radius 2 is 2.12 bits per heavy atom. The fourth-order valence-electron chi connectivity index (χ4n) is 2.01. The molecule has 0 aliphatic carbocycles. The van der Waals surface area contributed by atoms with Gasteiger partial charge in [0.05, 0.1) is 12.0 Å². The Balaban J connectivity index is 2.15. The van der Waals surface area contributed by atoms with Crippen molar-refractivity contribution < 1.29 is 24.6 Å². The quantitative estimate of drug-likeness (QED) is 0.521. The number of amidine groups is 1. The summed E-state index contributed by atoms with van der Waals surface area (Å²) in [7, 11) is 0. The molecule has 0 radical (unpaired) electrons. The number of thioether (sulfide) groups is 1. The smallest absolute Gasteiger partial charge is 0.305 e. The van der Waals surface area contributed by atoms with Gasteiger partial charge in [0.2, 0.25) is 5.91 Å². The van der Waals surface area contributed by atoms with Gasteiger partial charge in [0.25, 0.3) is 5.91 Å². The number of hydrazone groups is 1. The van der Waals surface area contributed by atoms with Gasteiger partial charge in [0, 0.05) is 6.54 Å². The Hall–Kier alpha value is -2.81. The molecule has 1 fully saturated rings. The molecule has 1 heterocycles. The highest BCUT2D eigenvalue weighted by atomic mass is 32.2. The van der Waals surface area contributed by atoms with Crippen LogP contribution in [0.3, 0.4) is 0 Å². The fraction of sp³-hybridized carbons (Fsp3) is 0.200. The minimum atomic E-state index is -1.10. The molecule has 0 saturated carbocycles. The molecule has 8 nitrogen and oxygen atoms in total. The molecule has 2 rings (SSSR count). The zero-order valence-electron chi connectivity index (χ0n) is 12.5. The first-order chi connectivity index (χ1) is 11.4. The minimum Gasteiger partial charge on any atom is -0.507 e. The van der Waals surface area contributed by atoms with Gasteiger partial charge in [-0.2, -0.15) is 0 Å². The Kier molecular flexibility index (Phi) is 5.59. The van der Waals surface area contributed by atoms with E-state index >= 15 is 0 Å². The number of amides is 2. The van der Waals surface area contributed by atoms with Gasteiger partial charge < -0.3 is 10.2 Å². The van der Waals surface area contributed by atoms with E-state index in [2.05, 4.69) is 17.1 Å². The van der Waals surface area contributed by atoms with Gasteiger partial charge in [-0.15, -0.1) is 11.7 Å². The van der Waals surface area contributed by atoms with Crippen molar-refractivity contribution in [3.8, 4) is 5.75 Å². The van der Waals surface area contributed by atoms with Crippen LogP contribution in [0.2, 0.25) is 0 Å². The summed E-state index contributed by atoms with van der Waals surface area (Å²) >= 11 is 0.957. The third kappa shape index (κ3) is 3.93.